The molecule has 0 radical (unpaired) electrons. The standard InChI is InChI=1S/C23H21F3N2O2.C3H8/c1-14(17-12-27-13-17)28-22(29)16-5-10-20-15(11-16)3-2-4-21(20)30-19-8-6-18(7-9-19)23(24,25)26;1-3-2/h2-11,14,17,27H,12-13H2,1H3,(H,28,29);3H2,1-2H3/t14-;/m1./s1. The second-order valence-corrected chi connectivity index (χ2v) is 8.20. The maximum Gasteiger partial charge on any atom is 0.416 e. The molecule has 33 heavy (non-hydrogen) atoms. The van der Waals surface area contributed by atoms with Crippen LogP contribution in [0.4, 0.5) is 13.2 Å². The van der Waals surface area contributed by atoms with E-state index in [0.29, 0.717) is 23.0 Å². The minimum absolute atomic E-state index is 0.0868. The molecule has 1 saturated heterocycles. The van der Waals surface area contributed by atoms with Crippen molar-refractivity contribution in [2.24, 2.45) is 5.92 Å². The number of nitrogens with one attached hydrogen (secondary N) is 2. The maximum absolute atomic E-state index is 12.7. The van der Waals surface area contributed by atoms with E-state index in [1.807, 2.05) is 13.0 Å². The van der Waals surface area contributed by atoms with Gasteiger partial charge in [0.05, 0.1) is 5.56 Å². The van der Waals surface area contributed by atoms with E-state index in [2.05, 4.69) is 24.5 Å². The minimum Gasteiger partial charge on any atom is -0.457 e. The first-order valence-corrected chi connectivity index (χ1v) is 11.1. The topological polar surface area (TPSA) is 50.4 Å². The van der Waals surface area contributed by atoms with E-state index in [9.17, 15) is 18.0 Å². The van der Waals surface area contributed by atoms with Crippen molar-refractivity contribution in [1.82, 2.24) is 10.6 Å². The fourth-order valence-electron chi connectivity index (χ4n) is 3.40. The average Bonchev–Trinajstić information content (AvgIpc) is 2.72. The summed E-state index contributed by atoms with van der Waals surface area (Å²) < 4.78 is 44.0. The van der Waals surface area contributed by atoms with Crippen LogP contribution in [0.1, 0.15) is 43.1 Å². The van der Waals surface area contributed by atoms with Gasteiger partial charge in [0.15, 0.2) is 0 Å². The Morgan fingerprint density at radius 3 is 2.33 bits per heavy atom. The van der Waals surface area contributed by atoms with Crippen LogP contribution < -0.4 is 15.4 Å². The van der Waals surface area contributed by atoms with Crippen LogP contribution in [0.3, 0.4) is 0 Å². The molecule has 0 aromatic heterocycles. The highest BCUT2D eigenvalue weighted by Crippen LogP contribution is 2.33. The summed E-state index contributed by atoms with van der Waals surface area (Å²) in [5.74, 6) is 1.12. The van der Waals surface area contributed by atoms with Gasteiger partial charge in [-0.3, -0.25) is 4.79 Å². The first kappa shape index (κ1) is 24.6. The van der Waals surface area contributed by atoms with Crippen LogP contribution >= 0.6 is 0 Å². The highest BCUT2D eigenvalue weighted by atomic mass is 19.4. The summed E-state index contributed by atoms with van der Waals surface area (Å²) in [6, 6.07) is 15.3. The lowest BCUT2D eigenvalue weighted by atomic mass is 9.95. The monoisotopic (exact) mass is 458 g/mol. The van der Waals surface area contributed by atoms with Crippen LogP contribution in [0.5, 0.6) is 11.5 Å². The molecule has 176 valence electrons. The van der Waals surface area contributed by atoms with Crippen molar-refractivity contribution in [3.63, 3.8) is 0 Å². The quantitative estimate of drug-likeness (QED) is 0.465. The van der Waals surface area contributed by atoms with E-state index in [1.54, 1.807) is 30.3 Å². The van der Waals surface area contributed by atoms with Gasteiger partial charge < -0.3 is 15.4 Å². The normalized spacial score (nSPS) is 14.6. The summed E-state index contributed by atoms with van der Waals surface area (Å²) in [4.78, 5) is 12.6. The molecule has 0 saturated carbocycles. The molecule has 0 spiro atoms. The number of hydrogen-bond acceptors (Lipinski definition) is 3. The third kappa shape index (κ3) is 6.26. The van der Waals surface area contributed by atoms with Gasteiger partial charge >= 0.3 is 6.18 Å². The highest BCUT2D eigenvalue weighted by molar-refractivity contribution is 6.00. The number of hydrogen-bond donors (Lipinski definition) is 2. The van der Waals surface area contributed by atoms with Gasteiger partial charge in [0.2, 0.25) is 0 Å². The van der Waals surface area contributed by atoms with Gasteiger partial charge in [0, 0.05) is 36.0 Å². The van der Waals surface area contributed by atoms with E-state index in [1.165, 1.54) is 18.6 Å². The van der Waals surface area contributed by atoms with Crippen molar-refractivity contribution in [1.29, 1.82) is 0 Å². The summed E-state index contributed by atoms with van der Waals surface area (Å²) in [5.41, 5.74) is -0.177. The number of benzene rings is 3. The Balaban J connectivity index is 0.000000968. The molecule has 4 nitrogen and oxygen atoms in total. The third-order valence-electron chi connectivity index (χ3n) is 5.39. The lowest BCUT2D eigenvalue weighted by Gasteiger charge is -2.33. The van der Waals surface area contributed by atoms with E-state index in [0.717, 1.165) is 36.0 Å². The summed E-state index contributed by atoms with van der Waals surface area (Å²) in [6.45, 7) is 8.06. The molecule has 7 heteroatoms. The van der Waals surface area contributed by atoms with Crippen LogP contribution in [0.2, 0.25) is 0 Å². The van der Waals surface area contributed by atoms with Gasteiger partial charge in [0.1, 0.15) is 11.5 Å². The first-order valence-electron chi connectivity index (χ1n) is 11.1. The molecule has 1 amide bonds. The second kappa shape index (κ2) is 10.7. The summed E-state index contributed by atoms with van der Waals surface area (Å²) in [5, 5.41) is 7.81. The van der Waals surface area contributed by atoms with Crippen molar-refractivity contribution in [2.75, 3.05) is 13.1 Å². The zero-order valence-corrected chi connectivity index (χ0v) is 19.0. The minimum atomic E-state index is -4.39. The molecule has 3 aromatic carbocycles. The third-order valence-corrected chi connectivity index (χ3v) is 5.39. The van der Waals surface area contributed by atoms with Crippen molar-refractivity contribution in [3.8, 4) is 11.5 Å². The number of amides is 1. The Kier molecular flexibility index (Phi) is 7.97. The summed E-state index contributed by atoms with van der Waals surface area (Å²) >= 11 is 0. The summed E-state index contributed by atoms with van der Waals surface area (Å²) in [7, 11) is 0. The van der Waals surface area contributed by atoms with Gasteiger partial charge in [-0.2, -0.15) is 13.2 Å². The van der Waals surface area contributed by atoms with Crippen LogP contribution in [0.15, 0.2) is 60.7 Å². The van der Waals surface area contributed by atoms with Crippen LogP contribution in [-0.4, -0.2) is 25.0 Å². The van der Waals surface area contributed by atoms with Gasteiger partial charge in [-0.05, 0) is 60.8 Å². The molecule has 0 bridgehead atoms. The number of halogens is 3. The molecule has 0 aliphatic carbocycles. The fourth-order valence-corrected chi connectivity index (χ4v) is 3.40. The van der Waals surface area contributed by atoms with Crippen LogP contribution in [0, 0.1) is 5.92 Å². The Hall–Kier alpha value is -3.06. The molecule has 4 rings (SSSR count). The largest absolute Gasteiger partial charge is 0.457 e. The number of carbonyl (C=O) groups excluding carboxylic acids is 1. The molecule has 1 fully saturated rings. The molecule has 3 aromatic rings. The van der Waals surface area contributed by atoms with Crippen molar-refractivity contribution in [2.45, 2.75) is 39.4 Å². The van der Waals surface area contributed by atoms with E-state index >= 15 is 0 Å². The van der Waals surface area contributed by atoms with Gasteiger partial charge in [-0.15, -0.1) is 0 Å². The van der Waals surface area contributed by atoms with Crippen molar-refractivity contribution in [3.05, 3.63) is 71.8 Å². The lowest BCUT2D eigenvalue weighted by Crippen LogP contribution is -2.53. The van der Waals surface area contributed by atoms with Gasteiger partial charge in [-0.25, -0.2) is 0 Å². The van der Waals surface area contributed by atoms with Crippen molar-refractivity contribution >= 4 is 16.7 Å². The smallest absolute Gasteiger partial charge is 0.416 e. The molecule has 0 unspecified atom stereocenters. The maximum atomic E-state index is 12.7. The molecule has 1 aliphatic rings. The zero-order chi connectivity index (χ0) is 24.0. The molecular formula is C26H29F3N2O2. The Labute approximate surface area is 192 Å². The van der Waals surface area contributed by atoms with E-state index in [4.69, 9.17) is 4.74 Å². The molecule has 1 heterocycles. The number of ether oxygens (including phenoxy) is 1. The number of rotatable bonds is 5. The fraction of sp³-hybridized carbons (Fsp3) is 0.346. The SMILES string of the molecule is CCC.C[C@@H](NC(=O)c1ccc2c(Oc3ccc(C(F)(F)F)cc3)cccc2c1)C1CNC1. The first-order chi connectivity index (χ1) is 15.7. The number of alkyl halides is 3. The predicted molar refractivity (Wildman–Crippen MR) is 125 cm³/mol. The summed E-state index contributed by atoms with van der Waals surface area (Å²) in [6.07, 6.45) is -3.14. The zero-order valence-electron chi connectivity index (χ0n) is 19.0. The van der Waals surface area contributed by atoms with E-state index in [-0.39, 0.29) is 11.9 Å². The average molecular weight is 459 g/mol. The lowest BCUT2D eigenvalue weighted by molar-refractivity contribution is -0.137. The molecule has 2 N–H and O–H groups in total. The molecule has 1 aliphatic heterocycles. The molecular weight excluding hydrogens is 429 g/mol. The van der Waals surface area contributed by atoms with Crippen LogP contribution in [-0.2, 0) is 6.18 Å². The van der Waals surface area contributed by atoms with Gasteiger partial charge in [0.25, 0.3) is 5.91 Å². The van der Waals surface area contributed by atoms with Crippen molar-refractivity contribution < 1.29 is 22.7 Å². The number of fused-ring (bicyclic) bond motifs is 1. The Morgan fingerprint density at radius 2 is 1.76 bits per heavy atom. The molecule has 1 atom stereocenters. The number of carbonyl (C=O) groups is 1. The second-order valence-electron chi connectivity index (χ2n) is 8.20. The highest BCUT2D eigenvalue weighted by Gasteiger charge is 2.30. The predicted octanol–water partition coefficient (Wildman–Crippen LogP) is 6.40. The van der Waals surface area contributed by atoms with Crippen LogP contribution in [0.25, 0.3) is 10.8 Å². The van der Waals surface area contributed by atoms with Gasteiger partial charge in [-0.1, -0.05) is 32.4 Å². The Morgan fingerprint density at radius 1 is 1.09 bits per heavy atom. The Bertz CT molecular complexity index is 1080. The van der Waals surface area contributed by atoms with E-state index < -0.39 is 11.7 Å².